The number of carbonyl (C=O) groups is 2. The number of amides is 2. The van der Waals surface area contributed by atoms with E-state index in [9.17, 15) is 18.4 Å². The fourth-order valence-electron chi connectivity index (χ4n) is 2.66. The molecule has 1 aromatic heterocycles. The monoisotopic (exact) mass is 391 g/mol. The molecule has 0 saturated heterocycles. The van der Waals surface area contributed by atoms with Crippen molar-refractivity contribution >= 4 is 17.6 Å². The molecule has 2 rings (SSSR count). The van der Waals surface area contributed by atoms with Gasteiger partial charge in [-0.3, -0.25) is 9.59 Å². The molecule has 28 heavy (non-hydrogen) atoms. The van der Waals surface area contributed by atoms with Crippen LogP contribution in [0.15, 0.2) is 30.3 Å². The Bertz CT molecular complexity index is 872. The van der Waals surface area contributed by atoms with Crippen LogP contribution in [0.4, 0.5) is 14.6 Å². The summed E-state index contributed by atoms with van der Waals surface area (Å²) >= 11 is 0. The molecule has 0 aliphatic heterocycles. The third-order valence-corrected chi connectivity index (χ3v) is 3.93. The van der Waals surface area contributed by atoms with Crippen molar-refractivity contribution in [3.63, 3.8) is 0 Å². The van der Waals surface area contributed by atoms with Crippen LogP contribution in [0.2, 0.25) is 0 Å². The van der Waals surface area contributed by atoms with Crippen molar-refractivity contribution in [3.8, 4) is 5.75 Å². The van der Waals surface area contributed by atoms with E-state index in [0.29, 0.717) is 28.4 Å². The first kappa shape index (κ1) is 21.3. The van der Waals surface area contributed by atoms with Gasteiger partial charge in [0.25, 0.3) is 12.3 Å². The second-order valence-electron chi connectivity index (χ2n) is 6.49. The number of ether oxygens (including phenoxy) is 1. The van der Waals surface area contributed by atoms with E-state index in [0.717, 1.165) is 5.56 Å². The van der Waals surface area contributed by atoms with Gasteiger partial charge in [0.15, 0.2) is 0 Å². The van der Waals surface area contributed by atoms with Crippen LogP contribution in [0.5, 0.6) is 5.75 Å². The second-order valence-corrected chi connectivity index (χ2v) is 6.49. The summed E-state index contributed by atoms with van der Waals surface area (Å²) in [7, 11) is 0. The highest BCUT2D eigenvalue weighted by Gasteiger charge is 2.15. The van der Waals surface area contributed by atoms with Gasteiger partial charge in [0.1, 0.15) is 18.2 Å². The zero-order valence-electron chi connectivity index (χ0n) is 16.2. The summed E-state index contributed by atoms with van der Waals surface area (Å²) in [6.07, 6.45) is -2.54. The van der Waals surface area contributed by atoms with Crippen molar-refractivity contribution in [2.24, 2.45) is 0 Å². The van der Waals surface area contributed by atoms with Crippen molar-refractivity contribution in [2.75, 3.05) is 11.9 Å². The first-order valence-corrected chi connectivity index (χ1v) is 8.74. The van der Waals surface area contributed by atoms with Crippen LogP contribution in [0.1, 0.15) is 47.1 Å². The average molecular weight is 391 g/mol. The Hall–Kier alpha value is -3.03. The predicted octanol–water partition coefficient (Wildman–Crippen LogP) is 3.79. The fraction of sp³-hybridized carbons (Fsp3) is 0.350. The zero-order chi connectivity index (χ0) is 20.8. The number of halogens is 2. The minimum Gasteiger partial charge on any atom is -0.487 e. The van der Waals surface area contributed by atoms with Gasteiger partial charge in [-0.15, -0.1) is 0 Å². The van der Waals surface area contributed by atoms with Crippen LogP contribution >= 0.6 is 0 Å². The van der Waals surface area contributed by atoms with Crippen molar-refractivity contribution in [2.45, 2.75) is 40.2 Å². The van der Waals surface area contributed by atoms with Crippen molar-refractivity contribution in [3.05, 3.63) is 52.7 Å². The molecule has 0 saturated carbocycles. The van der Waals surface area contributed by atoms with Gasteiger partial charge in [-0.05, 0) is 50.1 Å². The minimum absolute atomic E-state index is 0.276. The van der Waals surface area contributed by atoms with Gasteiger partial charge >= 0.3 is 0 Å². The average Bonchev–Trinajstić information content (AvgIpc) is 2.59. The van der Waals surface area contributed by atoms with Crippen molar-refractivity contribution in [1.82, 2.24) is 10.3 Å². The number of hydrogen-bond donors (Lipinski definition) is 2. The lowest BCUT2D eigenvalue weighted by molar-refractivity contribution is -0.114. The van der Waals surface area contributed by atoms with Crippen LogP contribution in [0.3, 0.4) is 0 Å². The van der Waals surface area contributed by atoms with Gasteiger partial charge in [-0.2, -0.15) is 0 Å². The third kappa shape index (κ3) is 6.00. The Labute approximate surface area is 162 Å². The Morgan fingerprint density at radius 1 is 1.18 bits per heavy atom. The third-order valence-electron chi connectivity index (χ3n) is 3.93. The summed E-state index contributed by atoms with van der Waals surface area (Å²) in [5.41, 5.74) is 2.48. The number of anilines is 1. The number of nitrogens with one attached hydrogen (secondary N) is 2. The Morgan fingerprint density at radius 3 is 2.50 bits per heavy atom. The Kier molecular flexibility index (Phi) is 7.03. The molecule has 1 heterocycles. The first-order valence-electron chi connectivity index (χ1n) is 8.74. The van der Waals surface area contributed by atoms with Gasteiger partial charge in [-0.1, -0.05) is 12.1 Å². The van der Waals surface area contributed by atoms with E-state index in [2.05, 4.69) is 15.6 Å². The highest BCUT2D eigenvalue weighted by Crippen LogP contribution is 2.23. The number of aryl methyl sites for hydroxylation is 2. The van der Waals surface area contributed by atoms with Crippen LogP contribution in [-0.2, 0) is 4.79 Å². The summed E-state index contributed by atoms with van der Waals surface area (Å²) < 4.78 is 29.6. The van der Waals surface area contributed by atoms with Crippen LogP contribution < -0.4 is 15.4 Å². The summed E-state index contributed by atoms with van der Waals surface area (Å²) in [5, 5.41) is 5.44. The van der Waals surface area contributed by atoms with Gasteiger partial charge < -0.3 is 15.4 Å². The number of carbonyl (C=O) groups excluding carboxylic acids is 2. The Balaban J connectivity index is 2.11. The van der Waals surface area contributed by atoms with Gasteiger partial charge in [-0.25, -0.2) is 13.8 Å². The standard InChI is InChI=1S/C20H23F2N3O3/c1-11-7-15(5-6-17(11)28-10-18(21)22)13(3)24-20(27)16-8-12(2)23-19(9-16)25-14(4)26/h5-9,13,18H,10H2,1-4H3,(H,24,27)(H,23,25,26). The molecule has 2 aromatic rings. The number of benzene rings is 1. The highest BCUT2D eigenvalue weighted by atomic mass is 19.3. The SMILES string of the molecule is CC(=O)Nc1cc(C(=O)NC(C)c2ccc(OCC(F)F)c(C)c2)cc(C)n1. The predicted molar refractivity (Wildman–Crippen MR) is 102 cm³/mol. The van der Waals surface area contributed by atoms with E-state index in [1.54, 1.807) is 38.1 Å². The molecule has 0 radical (unpaired) electrons. The van der Waals surface area contributed by atoms with E-state index in [-0.39, 0.29) is 17.9 Å². The second kappa shape index (κ2) is 9.25. The summed E-state index contributed by atoms with van der Waals surface area (Å²) in [5.74, 6) is 0.0942. The largest absolute Gasteiger partial charge is 0.487 e. The maximum atomic E-state index is 12.6. The molecule has 0 spiro atoms. The van der Waals surface area contributed by atoms with Gasteiger partial charge in [0.05, 0.1) is 6.04 Å². The van der Waals surface area contributed by atoms with Crippen LogP contribution in [-0.4, -0.2) is 29.8 Å². The molecule has 1 atom stereocenters. The minimum atomic E-state index is -2.54. The van der Waals surface area contributed by atoms with E-state index >= 15 is 0 Å². The maximum absolute atomic E-state index is 12.6. The van der Waals surface area contributed by atoms with Crippen LogP contribution in [0, 0.1) is 13.8 Å². The van der Waals surface area contributed by atoms with E-state index in [1.165, 1.54) is 13.0 Å². The molecule has 8 heteroatoms. The van der Waals surface area contributed by atoms with E-state index in [1.807, 2.05) is 6.92 Å². The number of aromatic nitrogens is 1. The lowest BCUT2D eigenvalue weighted by Gasteiger charge is -2.17. The quantitative estimate of drug-likeness (QED) is 0.753. The number of hydrogen-bond acceptors (Lipinski definition) is 4. The first-order chi connectivity index (χ1) is 13.2. The Morgan fingerprint density at radius 2 is 1.89 bits per heavy atom. The highest BCUT2D eigenvalue weighted by molar-refractivity contribution is 5.96. The van der Waals surface area contributed by atoms with Gasteiger partial charge in [0.2, 0.25) is 5.91 Å². The number of rotatable bonds is 7. The lowest BCUT2D eigenvalue weighted by atomic mass is 10.0. The van der Waals surface area contributed by atoms with E-state index in [4.69, 9.17) is 4.74 Å². The number of nitrogens with zero attached hydrogens (tertiary/aromatic N) is 1. The molecule has 0 bridgehead atoms. The molecule has 2 amide bonds. The number of alkyl halides is 2. The summed E-state index contributed by atoms with van der Waals surface area (Å²) in [6.45, 7) is 6.00. The molecular formula is C20H23F2N3O3. The molecule has 0 aliphatic rings. The number of pyridine rings is 1. The zero-order valence-corrected chi connectivity index (χ0v) is 16.2. The molecule has 150 valence electrons. The lowest BCUT2D eigenvalue weighted by Crippen LogP contribution is -2.27. The molecule has 1 unspecified atom stereocenters. The molecule has 0 aliphatic carbocycles. The molecular weight excluding hydrogens is 368 g/mol. The van der Waals surface area contributed by atoms with Crippen molar-refractivity contribution < 1.29 is 23.1 Å². The maximum Gasteiger partial charge on any atom is 0.272 e. The molecule has 1 aromatic carbocycles. The molecule has 6 nitrogen and oxygen atoms in total. The van der Waals surface area contributed by atoms with Crippen LogP contribution in [0.25, 0.3) is 0 Å². The topological polar surface area (TPSA) is 80.3 Å². The normalized spacial score (nSPS) is 11.8. The molecule has 0 fully saturated rings. The smallest absolute Gasteiger partial charge is 0.272 e. The van der Waals surface area contributed by atoms with Gasteiger partial charge in [0, 0.05) is 18.2 Å². The fourth-order valence-corrected chi connectivity index (χ4v) is 2.66. The molecule has 2 N–H and O–H groups in total. The van der Waals surface area contributed by atoms with Crippen molar-refractivity contribution in [1.29, 1.82) is 0 Å². The van der Waals surface area contributed by atoms with E-state index < -0.39 is 13.0 Å². The summed E-state index contributed by atoms with van der Waals surface area (Å²) in [6, 6.07) is 7.92. The summed E-state index contributed by atoms with van der Waals surface area (Å²) in [4.78, 5) is 28.0.